The van der Waals surface area contributed by atoms with E-state index in [0.717, 1.165) is 12.1 Å². The van der Waals surface area contributed by atoms with E-state index >= 15 is 0 Å². The molecule has 1 heterocycles. The molecule has 0 N–H and O–H groups in total. The summed E-state index contributed by atoms with van der Waals surface area (Å²) in [6.07, 6.45) is 2.94. The van der Waals surface area contributed by atoms with Gasteiger partial charge < -0.3 is 9.30 Å². The number of hydrogen-bond donors (Lipinski definition) is 0. The molecular formula is C14H14F2N2O2. The standard InChI is InChI=1S/C14H14F2N2O2/c1-9(2)8-18-6-5-17-13(14(18)19)20-12-4-3-10(15)7-11(12)16/h3-7,9H,8H2,1-2H3. The number of benzene rings is 1. The van der Waals surface area contributed by atoms with E-state index in [9.17, 15) is 13.6 Å². The summed E-state index contributed by atoms with van der Waals surface area (Å²) in [4.78, 5) is 15.9. The highest BCUT2D eigenvalue weighted by molar-refractivity contribution is 5.28. The van der Waals surface area contributed by atoms with Gasteiger partial charge in [0, 0.05) is 25.0 Å². The Labute approximate surface area is 114 Å². The topological polar surface area (TPSA) is 44.1 Å². The molecule has 1 aromatic heterocycles. The second kappa shape index (κ2) is 5.81. The molecule has 106 valence electrons. The van der Waals surface area contributed by atoms with Crippen molar-refractivity contribution in [1.82, 2.24) is 9.55 Å². The maximum atomic E-state index is 13.5. The molecule has 0 radical (unpaired) electrons. The Morgan fingerprint density at radius 1 is 1.35 bits per heavy atom. The van der Waals surface area contributed by atoms with Crippen molar-refractivity contribution >= 4 is 0 Å². The van der Waals surface area contributed by atoms with Crippen LogP contribution in [0.15, 0.2) is 35.4 Å². The second-order valence-corrected chi connectivity index (χ2v) is 4.76. The summed E-state index contributed by atoms with van der Waals surface area (Å²) < 4.78 is 32.8. The minimum Gasteiger partial charge on any atom is -0.431 e. The number of nitrogens with zero attached hydrogens (tertiary/aromatic N) is 2. The summed E-state index contributed by atoms with van der Waals surface area (Å²) in [5, 5.41) is 0. The Morgan fingerprint density at radius 2 is 2.10 bits per heavy atom. The first-order chi connectivity index (χ1) is 9.47. The third-order valence-corrected chi connectivity index (χ3v) is 2.54. The van der Waals surface area contributed by atoms with Crippen molar-refractivity contribution < 1.29 is 13.5 Å². The first kappa shape index (κ1) is 14.2. The van der Waals surface area contributed by atoms with Crippen molar-refractivity contribution in [2.75, 3.05) is 0 Å². The molecule has 0 bridgehead atoms. The van der Waals surface area contributed by atoms with Crippen LogP contribution >= 0.6 is 0 Å². The average molecular weight is 280 g/mol. The molecule has 0 amide bonds. The van der Waals surface area contributed by atoms with Crippen LogP contribution in [0.1, 0.15) is 13.8 Å². The van der Waals surface area contributed by atoms with E-state index in [0.29, 0.717) is 12.6 Å². The lowest BCUT2D eigenvalue weighted by Gasteiger charge is -2.10. The number of aromatic nitrogens is 2. The van der Waals surface area contributed by atoms with E-state index in [4.69, 9.17) is 4.74 Å². The fourth-order valence-electron chi connectivity index (χ4n) is 1.70. The van der Waals surface area contributed by atoms with E-state index < -0.39 is 17.2 Å². The zero-order valence-electron chi connectivity index (χ0n) is 11.1. The number of ether oxygens (including phenoxy) is 1. The van der Waals surface area contributed by atoms with Crippen molar-refractivity contribution in [1.29, 1.82) is 0 Å². The van der Waals surface area contributed by atoms with Gasteiger partial charge in [-0.2, -0.15) is 0 Å². The molecule has 4 nitrogen and oxygen atoms in total. The first-order valence-corrected chi connectivity index (χ1v) is 6.15. The summed E-state index contributed by atoms with van der Waals surface area (Å²) in [6.45, 7) is 4.43. The fourth-order valence-corrected chi connectivity index (χ4v) is 1.70. The molecule has 0 saturated carbocycles. The van der Waals surface area contributed by atoms with Crippen LogP contribution in [0.3, 0.4) is 0 Å². The lowest BCUT2D eigenvalue weighted by atomic mass is 10.2. The number of hydrogen-bond acceptors (Lipinski definition) is 3. The molecule has 0 atom stereocenters. The van der Waals surface area contributed by atoms with Crippen molar-refractivity contribution in [2.24, 2.45) is 5.92 Å². The fraction of sp³-hybridized carbons (Fsp3) is 0.286. The minimum atomic E-state index is -0.884. The van der Waals surface area contributed by atoms with Gasteiger partial charge in [-0.25, -0.2) is 13.8 Å². The smallest absolute Gasteiger partial charge is 0.313 e. The lowest BCUT2D eigenvalue weighted by molar-refractivity contribution is 0.405. The highest BCUT2D eigenvalue weighted by Gasteiger charge is 2.12. The summed E-state index contributed by atoms with van der Waals surface area (Å²) in [5.41, 5.74) is -0.454. The molecule has 0 fully saturated rings. The van der Waals surface area contributed by atoms with Gasteiger partial charge in [-0.05, 0) is 18.1 Å². The number of halogens is 2. The zero-order valence-corrected chi connectivity index (χ0v) is 11.1. The van der Waals surface area contributed by atoms with Crippen molar-refractivity contribution in [2.45, 2.75) is 20.4 Å². The normalized spacial score (nSPS) is 10.8. The minimum absolute atomic E-state index is 0.237. The molecular weight excluding hydrogens is 266 g/mol. The maximum absolute atomic E-state index is 13.5. The quantitative estimate of drug-likeness (QED) is 0.864. The van der Waals surface area contributed by atoms with Gasteiger partial charge in [0.25, 0.3) is 5.88 Å². The van der Waals surface area contributed by atoms with Gasteiger partial charge >= 0.3 is 5.56 Å². The highest BCUT2D eigenvalue weighted by atomic mass is 19.1. The Hall–Kier alpha value is -2.24. The lowest BCUT2D eigenvalue weighted by Crippen LogP contribution is -2.23. The molecule has 2 aromatic rings. The largest absolute Gasteiger partial charge is 0.431 e. The summed E-state index contributed by atoms with van der Waals surface area (Å²) in [6, 6.07) is 2.85. The van der Waals surface area contributed by atoms with E-state index in [1.54, 1.807) is 0 Å². The Balaban J connectivity index is 2.32. The third kappa shape index (κ3) is 3.20. The van der Waals surface area contributed by atoms with Crippen LogP contribution < -0.4 is 10.3 Å². The van der Waals surface area contributed by atoms with Crippen LogP contribution in [0.2, 0.25) is 0 Å². The van der Waals surface area contributed by atoms with E-state index in [1.165, 1.54) is 17.0 Å². The van der Waals surface area contributed by atoms with Crippen molar-refractivity contribution in [3.63, 3.8) is 0 Å². The SMILES string of the molecule is CC(C)Cn1ccnc(Oc2ccc(F)cc2F)c1=O. The van der Waals surface area contributed by atoms with Gasteiger partial charge in [-0.3, -0.25) is 4.79 Å². The summed E-state index contributed by atoms with van der Waals surface area (Å²) in [7, 11) is 0. The molecule has 0 unspecified atom stereocenters. The van der Waals surface area contributed by atoms with Crippen LogP contribution in [0, 0.1) is 17.6 Å². The van der Waals surface area contributed by atoms with Gasteiger partial charge in [0.05, 0.1) is 0 Å². The van der Waals surface area contributed by atoms with E-state index in [1.807, 2.05) is 13.8 Å². The third-order valence-electron chi connectivity index (χ3n) is 2.54. The van der Waals surface area contributed by atoms with Gasteiger partial charge in [0.2, 0.25) is 0 Å². The van der Waals surface area contributed by atoms with Gasteiger partial charge in [-0.15, -0.1) is 0 Å². The summed E-state index contributed by atoms with van der Waals surface area (Å²) in [5.74, 6) is -1.80. The Bertz CT molecular complexity index is 668. The van der Waals surface area contributed by atoms with Gasteiger partial charge in [0.1, 0.15) is 5.82 Å². The van der Waals surface area contributed by atoms with Crippen LogP contribution in [0.4, 0.5) is 8.78 Å². The molecule has 1 aromatic carbocycles. The first-order valence-electron chi connectivity index (χ1n) is 6.15. The number of rotatable bonds is 4. The predicted molar refractivity (Wildman–Crippen MR) is 69.8 cm³/mol. The second-order valence-electron chi connectivity index (χ2n) is 4.76. The van der Waals surface area contributed by atoms with Crippen LogP contribution in [0.5, 0.6) is 11.6 Å². The molecule has 6 heteroatoms. The molecule has 0 spiro atoms. The zero-order chi connectivity index (χ0) is 14.7. The molecule has 0 aliphatic heterocycles. The van der Waals surface area contributed by atoms with Crippen molar-refractivity contribution in [3.05, 3.63) is 52.6 Å². The van der Waals surface area contributed by atoms with Crippen LogP contribution in [-0.2, 0) is 6.54 Å². The molecule has 2 rings (SSSR count). The Kier molecular flexibility index (Phi) is 4.12. The van der Waals surface area contributed by atoms with Gasteiger partial charge in [0.15, 0.2) is 11.6 Å². The van der Waals surface area contributed by atoms with Gasteiger partial charge in [-0.1, -0.05) is 13.8 Å². The van der Waals surface area contributed by atoms with E-state index in [-0.39, 0.29) is 17.5 Å². The molecule has 0 aliphatic rings. The Morgan fingerprint density at radius 3 is 2.75 bits per heavy atom. The monoisotopic (exact) mass is 280 g/mol. The molecule has 20 heavy (non-hydrogen) atoms. The highest BCUT2D eigenvalue weighted by Crippen LogP contribution is 2.21. The molecule has 0 saturated heterocycles. The summed E-state index contributed by atoms with van der Waals surface area (Å²) >= 11 is 0. The predicted octanol–water partition coefficient (Wildman–Crippen LogP) is 2.97. The average Bonchev–Trinajstić information content (AvgIpc) is 2.36. The van der Waals surface area contributed by atoms with Crippen LogP contribution in [-0.4, -0.2) is 9.55 Å². The van der Waals surface area contributed by atoms with Crippen molar-refractivity contribution in [3.8, 4) is 11.6 Å². The van der Waals surface area contributed by atoms with E-state index in [2.05, 4.69) is 4.98 Å². The molecule has 0 aliphatic carbocycles. The maximum Gasteiger partial charge on any atom is 0.313 e. The van der Waals surface area contributed by atoms with Crippen LogP contribution in [0.25, 0.3) is 0 Å².